The van der Waals surface area contributed by atoms with Gasteiger partial charge in [-0.2, -0.15) is 0 Å². The van der Waals surface area contributed by atoms with Crippen molar-refractivity contribution in [3.63, 3.8) is 0 Å². The molecule has 1 saturated heterocycles. The fourth-order valence-electron chi connectivity index (χ4n) is 7.12. The predicted molar refractivity (Wildman–Crippen MR) is 149 cm³/mol. The van der Waals surface area contributed by atoms with Crippen molar-refractivity contribution in [2.24, 2.45) is 34.3 Å². The highest BCUT2D eigenvalue weighted by molar-refractivity contribution is 6.37. The molecule has 10 heteroatoms. The Morgan fingerprint density at radius 1 is 0.975 bits per heavy atom. The molecule has 5 unspecified atom stereocenters. The lowest BCUT2D eigenvalue weighted by Gasteiger charge is -2.39. The van der Waals surface area contributed by atoms with Crippen LogP contribution in [0.1, 0.15) is 99.3 Å². The zero-order valence-corrected chi connectivity index (χ0v) is 25.0. The number of rotatable bonds is 9. The Morgan fingerprint density at radius 3 is 2.12 bits per heavy atom. The van der Waals surface area contributed by atoms with Crippen LogP contribution in [0.15, 0.2) is 0 Å². The molecule has 4 rings (SSSR count). The SMILES string of the molecule is CC1(OC(=O)NC(C(=O)N2CC3C(C2C(=O)NC(CC2CCC2)C(=O)C(N)=O)C3(C)C)C(C)(C)C)CCCCC1. The highest BCUT2D eigenvalue weighted by Gasteiger charge is 2.70. The molecular formula is C30H48N4O6. The van der Waals surface area contributed by atoms with E-state index in [1.165, 1.54) is 0 Å². The number of hydrogen-bond donors (Lipinski definition) is 3. The lowest BCUT2D eigenvalue weighted by molar-refractivity contribution is -0.145. The first-order chi connectivity index (χ1) is 18.5. The van der Waals surface area contributed by atoms with Crippen LogP contribution in [-0.4, -0.2) is 64.8 Å². The van der Waals surface area contributed by atoms with Gasteiger partial charge in [0.2, 0.25) is 17.6 Å². The Kier molecular flexibility index (Phi) is 8.31. The largest absolute Gasteiger partial charge is 0.443 e. The van der Waals surface area contributed by atoms with Gasteiger partial charge in [-0.3, -0.25) is 19.2 Å². The number of fused-ring (bicyclic) bond motifs is 1. The molecule has 4 fully saturated rings. The predicted octanol–water partition coefficient (Wildman–Crippen LogP) is 3.06. The Labute approximate surface area is 237 Å². The number of nitrogens with zero attached hydrogens (tertiary/aromatic N) is 1. The number of amides is 4. The van der Waals surface area contributed by atoms with Crippen LogP contribution in [0, 0.1) is 28.6 Å². The summed E-state index contributed by atoms with van der Waals surface area (Å²) in [6.45, 7) is 12.1. The number of likely N-dealkylation sites (tertiary alicyclic amines) is 1. The average molecular weight is 561 g/mol. The molecular weight excluding hydrogens is 512 g/mol. The van der Waals surface area contributed by atoms with Gasteiger partial charge in [-0.15, -0.1) is 0 Å². The van der Waals surface area contributed by atoms with E-state index in [4.69, 9.17) is 10.5 Å². The summed E-state index contributed by atoms with van der Waals surface area (Å²) in [7, 11) is 0. The van der Waals surface area contributed by atoms with Crippen molar-refractivity contribution >= 4 is 29.6 Å². The topological polar surface area (TPSA) is 148 Å². The lowest BCUT2D eigenvalue weighted by atomic mass is 9.80. The number of nitrogens with two attached hydrogens (primary N) is 1. The number of carbonyl (C=O) groups excluding carboxylic acids is 5. The Balaban J connectivity index is 1.52. The zero-order valence-electron chi connectivity index (χ0n) is 25.0. The molecule has 0 aromatic carbocycles. The summed E-state index contributed by atoms with van der Waals surface area (Å²) in [5.41, 5.74) is 3.96. The second kappa shape index (κ2) is 11.0. The van der Waals surface area contributed by atoms with E-state index >= 15 is 0 Å². The molecule has 4 N–H and O–H groups in total. The standard InChI is InChI=1S/C30H48N4O6/c1-28(2,3)23(33-27(39)40-30(6)13-8-7-9-14-30)26(38)34-16-18-20(29(18,4)5)21(34)25(37)32-19(22(35)24(31)36)15-17-11-10-12-17/h17-21,23H,7-16H2,1-6H3,(H2,31,36)(H,32,37)(H,33,39). The maximum Gasteiger partial charge on any atom is 0.408 e. The summed E-state index contributed by atoms with van der Waals surface area (Å²) in [5.74, 6) is -2.39. The number of ether oxygens (including phenoxy) is 1. The van der Waals surface area contributed by atoms with Crippen molar-refractivity contribution in [2.45, 2.75) is 123 Å². The highest BCUT2D eigenvalue weighted by atomic mass is 16.6. The Morgan fingerprint density at radius 2 is 1.60 bits per heavy atom. The minimum absolute atomic E-state index is 0.0850. The maximum absolute atomic E-state index is 14.1. The summed E-state index contributed by atoms with van der Waals surface area (Å²) in [4.78, 5) is 66.9. The zero-order chi connectivity index (χ0) is 29.6. The van der Waals surface area contributed by atoms with E-state index in [0.717, 1.165) is 51.4 Å². The van der Waals surface area contributed by atoms with Crippen molar-refractivity contribution in [1.29, 1.82) is 0 Å². The Bertz CT molecular complexity index is 1040. The number of primary amides is 1. The van der Waals surface area contributed by atoms with Crippen molar-refractivity contribution in [3.05, 3.63) is 0 Å². The summed E-state index contributed by atoms with van der Waals surface area (Å²) < 4.78 is 5.83. The van der Waals surface area contributed by atoms with Crippen molar-refractivity contribution < 1.29 is 28.7 Å². The van der Waals surface area contributed by atoms with E-state index in [0.29, 0.717) is 13.0 Å². The van der Waals surface area contributed by atoms with Gasteiger partial charge in [-0.25, -0.2) is 4.79 Å². The van der Waals surface area contributed by atoms with Crippen LogP contribution >= 0.6 is 0 Å². The van der Waals surface area contributed by atoms with E-state index in [1.807, 2.05) is 27.7 Å². The third kappa shape index (κ3) is 6.15. The number of carbonyl (C=O) groups is 5. The molecule has 1 aliphatic heterocycles. The normalized spacial score (nSPS) is 28.4. The molecule has 4 aliphatic rings. The monoisotopic (exact) mass is 560 g/mol. The molecule has 3 aliphatic carbocycles. The van der Waals surface area contributed by atoms with Gasteiger partial charge in [0.05, 0.1) is 6.04 Å². The Hall–Kier alpha value is -2.65. The van der Waals surface area contributed by atoms with Gasteiger partial charge in [0.1, 0.15) is 17.7 Å². The van der Waals surface area contributed by atoms with Crippen LogP contribution in [0.3, 0.4) is 0 Å². The fourth-order valence-corrected chi connectivity index (χ4v) is 7.12. The van der Waals surface area contributed by atoms with Crippen molar-refractivity contribution in [3.8, 4) is 0 Å². The summed E-state index contributed by atoms with van der Waals surface area (Å²) in [6.07, 6.45) is 7.36. The fraction of sp³-hybridized carbons (Fsp3) is 0.833. The molecule has 1 heterocycles. The van der Waals surface area contributed by atoms with E-state index < -0.39 is 52.8 Å². The summed E-state index contributed by atoms with van der Waals surface area (Å²) >= 11 is 0. The van der Waals surface area contributed by atoms with Gasteiger partial charge in [-0.05, 0) is 67.6 Å². The number of nitrogens with one attached hydrogen (secondary N) is 2. The summed E-state index contributed by atoms with van der Waals surface area (Å²) in [5, 5.41) is 5.63. The number of piperidine rings is 1. The molecule has 0 aromatic rings. The van der Waals surface area contributed by atoms with E-state index in [9.17, 15) is 24.0 Å². The third-order valence-corrected chi connectivity index (χ3v) is 10.1. The van der Waals surface area contributed by atoms with Gasteiger partial charge in [0.15, 0.2) is 0 Å². The van der Waals surface area contributed by atoms with Crippen LogP contribution in [0.25, 0.3) is 0 Å². The van der Waals surface area contributed by atoms with Gasteiger partial charge < -0.3 is 26.0 Å². The molecule has 0 aromatic heterocycles. The third-order valence-electron chi connectivity index (χ3n) is 10.1. The van der Waals surface area contributed by atoms with Crippen LogP contribution in [0.2, 0.25) is 0 Å². The number of ketones is 1. The van der Waals surface area contributed by atoms with Crippen LogP contribution in [0.4, 0.5) is 4.79 Å². The lowest BCUT2D eigenvalue weighted by Crippen LogP contribution is -2.61. The first kappa shape index (κ1) is 30.3. The van der Waals surface area contributed by atoms with Crippen LogP contribution in [0.5, 0.6) is 0 Å². The molecule has 0 bridgehead atoms. The average Bonchev–Trinajstić information content (AvgIpc) is 3.14. The van der Waals surface area contributed by atoms with Crippen molar-refractivity contribution in [2.75, 3.05) is 6.54 Å². The molecule has 40 heavy (non-hydrogen) atoms. The van der Waals surface area contributed by atoms with Crippen LogP contribution in [-0.2, 0) is 23.9 Å². The molecule has 3 saturated carbocycles. The molecule has 10 nitrogen and oxygen atoms in total. The summed E-state index contributed by atoms with van der Waals surface area (Å²) in [6, 6.07) is -2.73. The number of Topliss-reactive ketones (excluding diaryl/α,β-unsaturated/α-hetero) is 1. The van der Waals surface area contributed by atoms with Gasteiger partial charge >= 0.3 is 6.09 Å². The second-order valence-electron chi connectivity index (χ2n) is 14.6. The molecule has 5 atom stereocenters. The molecule has 0 spiro atoms. The van der Waals surface area contributed by atoms with E-state index in [-0.39, 0.29) is 29.1 Å². The van der Waals surface area contributed by atoms with Gasteiger partial charge in [-0.1, -0.05) is 60.3 Å². The van der Waals surface area contributed by atoms with Gasteiger partial charge in [0, 0.05) is 6.54 Å². The van der Waals surface area contributed by atoms with E-state index in [1.54, 1.807) is 4.90 Å². The molecule has 224 valence electrons. The minimum atomic E-state index is -1.07. The first-order valence-corrected chi connectivity index (χ1v) is 15.0. The number of alkyl carbamates (subject to hydrolysis) is 1. The van der Waals surface area contributed by atoms with Crippen molar-refractivity contribution in [1.82, 2.24) is 15.5 Å². The number of hydrogen-bond acceptors (Lipinski definition) is 6. The highest BCUT2D eigenvalue weighted by Crippen LogP contribution is 2.65. The maximum atomic E-state index is 14.1. The second-order valence-corrected chi connectivity index (χ2v) is 14.6. The van der Waals surface area contributed by atoms with E-state index in [2.05, 4.69) is 24.5 Å². The van der Waals surface area contributed by atoms with Gasteiger partial charge in [0.25, 0.3) is 5.91 Å². The quantitative estimate of drug-likeness (QED) is 0.369. The smallest absolute Gasteiger partial charge is 0.408 e. The first-order valence-electron chi connectivity index (χ1n) is 15.0. The van der Waals surface area contributed by atoms with Crippen LogP contribution < -0.4 is 16.4 Å². The minimum Gasteiger partial charge on any atom is -0.443 e. The molecule has 0 radical (unpaired) electrons. The molecule has 4 amide bonds.